The van der Waals surface area contributed by atoms with Crippen molar-refractivity contribution in [3.63, 3.8) is 0 Å². The average molecular weight is 577 g/mol. The lowest BCUT2D eigenvalue weighted by molar-refractivity contribution is -0.384. The highest BCUT2D eigenvalue weighted by atomic mass is 35.5. The van der Waals surface area contributed by atoms with Crippen molar-refractivity contribution in [2.24, 2.45) is 9.98 Å². The molecule has 0 unspecified atom stereocenters. The molecule has 0 aliphatic carbocycles. The third-order valence-electron chi connectivity index (χ3n) is 5.73. The quantitative estimate of drug-likeness (QED) is 0.257. The van der Waals surface area contributed by atoms with E-state index in [0.717, 1.165) is 0 Å². The summed E-state index contributed by atoms with van der Waals surface area (Å²) in [5, 5.41) is 33.9. The number of carbonyl (C=O) groups excluding carboxylic acids is 1. The molecular formula is C26H14Cl2N6O6. The molecule has 4 aromatic rings. The number of aromatic nitrogens is 2. The van der Waals surface area contributed by atoms with Crippen LogP contribution in [0.25, 0.3) is 23.5 Å². The number of nitro benzene ring substituents is 2. The maximum atomic E-state index is 12.4. The predicted octanol–water partition coefficient (Wildman–Crippen LogP) is 3.94. The third kappa shape index (κ3) is 5.34. The van der Waals surface area contributed by atoms with Gasteiger partial charge in [0.1, 0.15) is 27.3 Å². The first kappa shape index (κ1) is 26.4. The number of amidine groups is 1. The van der Waals surface area contributed by atoms with Gasteiger partial charge in [-0.2, -0.15) is 9.98 Å². The van der Waals surface area contributed by atoms with Crippen LogP contribution in [0.1, 0.15) is 11.3 Å². The van der Waals surface area contributed by atoms with Gasteiger partial charge in [0.15, 0.2) is 5.84 Å². The summed E-state index contributed by atoms with van der Waals surface area (Å²) in [5.41, 5.74) is 0.369. The molecule has 1 amide bonds. The number of aliphatic imine (C=N–C) groups is 2. The van der Waals surface area contributed by atoms with E-state index in [0.29, 0.717) is 16.0 Å². The van der Waals surface area contributed by atoms with Gasteiger partial charge in [0.2, 0.25) is 5.88 Å². The molecule has 0 fully saturated rings. The number of hydrogen-bond acceptors (Lipinski definition) is 8. The van der Waals surface area contributed by atoms with Crippen molar-refractivity contribution in [1.29, 1.82) is 0 Å². The Bertz CT molecular complexity index is 1910. The van der Waals surface area contributed by atoms with Crippen LogP contribution in [0, 0.1) is 20.2 Å². The second kappa shape index (κ2) is 10.5. The Morgan fingerprint density at radius 3 is 1.95 bits per heavy atom. The minimum absolute atomic E-state index is 0.0183. The highest BCUT2D eigenvalue weighted by molar-refractivity contribution is 6.56. The van der Waals surface area contributed by atoms with E-state index in [1.165, 1.54) is 36.4 Å². The standard InChI is InChI=1S/C26H14Cl2N6O6/c27-17-7-5-15(11-21(17)33(37)38)23-29-19(25(35)31-23)9-13-1-2-14(4-3-13)10-20-26(36)32-24(30-20)16-6-8-18(28)22(12-16)34(39)40/h1-12,35H,(H,29,31). The smallest absolute Gasteiger partial charge is 0.297 e. The molecule has 198 valence electrons. The zero-order valence-electron chi connectivity index (χ0n) is 19.9. The van der Waals surface area contributed by atoms with E-state index in [1.54, 1.807) is 36.4 Å². The largest absolute Gasteiger partial charge is 0.492 e. The maximum absolute atomic E-state index is 12.4. The van der Waals surface area contributed by atoms with Gasteiger partial charge in [-0.1, -0.05) is 47.5 Å². The zero-order valence-corrected chi connectivity index (χ0v) is 21.4. The Morgan fingerprint density at radius 1 is 0.800 bits per heavy atom. The molecule has 12 nitrogen and oxygen atoms in total. The summed E-state index contributed by atoms with van der Waals surface area (Å²) in [6.45, 7) is 0. The second-order valence-corrected chi connectivity index (χ2v) is 9.18. The molecule has 40 heavy (non-hydrogen) atoms. The molecule has 2 N–H and O–H groups in total. The van der Waals surface area contributed by atoms with E-state index >= 15 is 0 Å². The van der Waals surface area contributed by atoms with Gasteiger partial charge < -0.3 is 10.1 Å². The fourth-order valence-corrected chi connectivity index (χ4v) is 4.16. The number of nitro groups is 2. The number of H-pyrrole nitrogens is 1. The van der Waals surface area contributed by atoms with Crippen LogP contribution in [0.2, 0.25) is 10.0 Å². The Labute approximate surface area is 233 Å². The van der Waals surface area contributed by atoms with Crippen LogP contribution in [-0.4, -0.2) is 42.4 Å². The summed E-state index contributed by atoms with van der Waals surface area (Å²) >= 11 is 11.7. The molecule has 0 spiro atoms. The second-order valence-electron chi connectivity index (χ2n) is 8.36. The topological polar surface area (TPSA) is 177 Å². The lowest BCUT2D eigenvalue weighted by Gasteiger charge is -1.99. The van der Waals surface area contributed by atoms with E-state index in [-0.39, 0.29) is 55.9 Å². The Balaban J connectivity index is 1.40. The fourth-order valence-electron chi connectivity index (χ4n) is 3.78. The highest BCUT2D eigenvalue weighted by Crippen LogP contribution is 2.31. The summed E-state index contributed by atoms with van der Waals surface area (Å²) in [6.07, 6.45) is 3.14. The number of nitrogens with zero attached hydrogens (tertiary/aromatic N) is 5. The van der Waals surface area contributed by atoms with Gasteiger partial charge >= 0.3 is 0 Å². The first-order chi connectivity index (χ1) is 19.1. The van der Waals surface area contributed by atoms with E-state index in [9.17, 15) is 30.1 Å². The lowest BCUT2D eigenvalue weighted by Crippen LogP contribution is -2.12. The van der Waals surface area contributed by atoms with Gasteiger partial charge in [0, 0.05) is 23.3 Å². The van der Waals surface area contributed by atoms with E-state index in [2.05, 4.69) is 20.0 Å². The summed E-state index contributed by atoms with van der Waals surface area (Å²) in [5.74, 6) is -0.646. The Hall–Kier alpha value is -5.20. The normalized spacial score (nSPS) is 12.6. The van der Waals surface area contributed by atoms with Crippen molar-refractivity contribution in [2.75, 3.05) is 0 Å². The third-order valence-corrected chi connectivity index (χ3v) is 6.37. The number of halogens is 2. The molecule has 1 aliphatic heterocycles. The number of rotatable bonds is 6. The van der Waals surface area contributed by atoms with Gasteiger partial charge in [-0.25, -0.2) is 4.99 Å². The van der Waals surface area contributed by atoms with Gasteiger partial charge in [-0.05, 0) is 46.9 Å². The van der Waals surface area contributed by atoms with Crippen molar-refractivity contribution in [3.05, 3.63) is 113 Å². The van der Waals surface area contributed by atoms with Gasteiger partial charge in [-0.15, -0.1) is 0 Å². The zero-order chi connectivity index (χ0) is 28.6. The molecule has 2 heterocycles. The maximum Gasteiger partial charge on any atom is 0.297 e. The van der Waals surface area contributed by atoms with Crippen LogP contribution in [0.5, 0.6) is 5.88 Å². The van der Waals surface area contributed by atoms with E-state index in [1.807, 2.05) is 0 Å². The number of hydrogen-bond donors (Lipinski definition) is 2. The molecule has 0 saturated carbocycles. The van der Waals surface area contributed by atoms with Crippen molar-refractivity contribution in [1.82, 2.24) is 9.97 Å². The Morgan fingerprint density at radius 2 is 1.35 bits per heavy atom. The number of nitrogens with one attached hydrogen (secondary N) is 1. The minimum atomic E-state index is -0.633. The molecule has 0 saturated heterocycles. The number of amides is 1. The van der Waals surface area contributed by atoms with E-state index < -0.39 is 15.8 Å². The number of carbonyl (C=O) groups is 1. The molecule has 1 aliphatic rings. The van der Waals surface area contributed by atoms with Crippen LogP contribution in [0.4, 0.5) is 11.4 Å². The molecular weight excluding hydrogens is 563 g/mol. The molecule has 3 aromatic carbocycles. The molecule has 0 radical (unpaired) electrons. The highest BCUT2D eigenvalue weighted by Gasteiger charge is 2.22. The van der Waals surface area contributed by atoms with Gasteiger partial charge in [0.25, 0.3) is 17.3 Å². The Kier molecular flexibility index (Phi) is 6.94. The number of aromatic amines is 1. The van der Waals surface area contributed by atoms with Crippen molar-refractivity contribution >= 4 is 64.2 Å². The van der Waals surface area contributed by atoms with Gasteiger partial charge in [-0.3, -0.25) is 25.0 Å². The summed E-state index contributed by atoms with van der Waals surface area (Å²) in [4.78, 5) is 48.5. The molecule has 14 heteroatoms. The molecule has 1 aromatic heterocycles. The van der Waals surface area contributed by atoms with Crippen molar-refractivity contribution in [3.8, 4) is 17.3 Å². The monoisotopic (exact) mass is 576 g/mol. The summed E-state index contributed by atoms with van der Waals surface area (Å²) in [6, 6.07) is 15.1. The minimum Gasteiger partial charge on any atom is -0.492 e. The van der Waals surface area contributed by atoms with E-state index in [4.69, 9.17) is 23.2 Å². The average Bonchev–Trinajstić information content (AvgIpc) is 3.47. The first-order valence-electron chi connectivity index (χ1n) is 11.3. The van der Waals surface area contributed by atoms with Crippen molar-refractivity contribution < 1.29 is 19.7 Å². The molecule has 5 rings (SSSR count). The van der Waals surface area contributed by atoms with Crippen LogP contribution in [-0.2, 0) is 4.79 Å². The number of benzene rings is 3. The molecule has 0 bridgehead atoms. The van der Waals surface area contributed by atoms with Crippen LogP contribution >= 0.6 is 23.2 Å². The lowest BCUT2D eigenvalue weighted by atomic mass is 10.2. The van der Waals surface area contributed by atoms with Crippen LogP contribution < -0.4 is 10.4 Å². The fraction of sp³-hybridized carbons (Fsp3) is 0. The number of aromatic hydroxyl groups is 1. The van der Waals surface area contributed by atoms with Crippen molar-refractivity contribution in [2.45, 2.75) is 0 Å². The van der Waals surface area contributed by atoms with Gasteiger partial charge in [0.05, 0.1) is 9.85 Å². The SMILES string of the molecule is O=C1N=C(c2ccc(Cl)c([N+](=O)[O-])c2)N=C1C=c1ccc(=Cc2[nH]c(-c3ccc(Cl)c([N+](=O)[O-])c3)nc2O)cc1. The predicted molar refractivity (Wildman–Crippen MR) is 148 cm³/mol. The summed E-state index contributed by atoms with van der Waals surface area (Å²) in [7, 11) is 0. The molecule has 0 atom stereocenters. The number of imidazole rings is 1. The summed E-state index contributed by atoms with van der Waals surface area (Å²) < 4.78 is 0. The first-order valence-corrected chi connectivity index (χ1v) is 12.0. The van der Waals surface area contributed by atoms with Crippen LogP contribution in [0.15, 0.2) is 70.6 Å². The van der Waals surface area contributed by atoms with Crippen LogP contribution in [0.3, 0.4) is 0 Å².